The summed E-state index contributed by atoms with van der Waals surface area (Å²) in [5.74, 6) is 0.0133. The Morgan fingerprint density at radius 1 is 1.25 bits per heavy atom. The Kier molecular flexibility index (Phi) is 4.25. The van der Waals surface area contributed by atoms with Crippen molar-refractivity contribution in [2.75, 3.05) is 7.11 Å². The molecule has 0 spiro atoms. The second-order valence-electron chi connectivity index (χ2n) is 5.92. The number of hydrogen-bond acceptors (Lipinski definition) is 3. The average Bonchev–Trinajstić information content (AvgIpc) is 2.90. The van der Waals surface area contributed by atoms with Gasteiger partial charge >= 0.3 is 5.97 Å². The van der Waals surface area contributed by atoms with Crippen LogP contribution in [0.15, 0.2) is 36.5 Å². The molecular weight excluding hydrogens is 304 g/mol. The third-order valence-corrected chi connectivity index (χ3v) is 4.12. The first-order valence-corrected chi connectivity index (χ1v) is 7.84. The van der Waals surface area contributed by atoms with Crippen LogP contribution in [0.3, 0.4) is 0 Å². The van der Waals surface area contributed by atoms with Crippen LogP contribution in [0.25, 0.3) is 16.9 Å². The van der Waals surface area contributed by atoms with Crippen LogP contribution in [0, 0.1) is 13.8 Å². The van der Waals surface area contributed by atoms with E-state index in [0.717, 1.165) is 39.5 Å². The van der Waals surface area contributed by atoms with Crippen molar-refractivity contribution in [3.63, 3.8) is 0 Å². The molecule has 1 N–H and O–H groups in total. The number of benzene rings is 1. The van der Waals surface area contributed by atoms with Gasteiger partial charge in [0.05, 0.1) is 24.9 Å². The predicted octanol–water partition coefficient (Wildman–Crippen LogP) is 3.64. The van der Waals surface area contributed by atoms with E-state index in [1.54, 1.807) is 7.11 Å². The van der Waals surface area contributed by atoms with Gasteiger partial charge in [-0.05, 0) is 55.3 Å². The lowest BCUT2D eigenvalue weighted by Gasteiger charge is -2.08. The van der Waals surface area contributed by atoms with Crippen molar-refractivity contribution in [1.82, 2.24) is 9.38 Å². The number of carboxylic acids is 1. The molecule has 0 unspecified atom stereocenters. The van der Waals surface area contributed by atoms with Gasteiger partial charge in [-0.25, -0.2) is 4.98 Å². The molecule has 0 aliphatic heterocycles. The minimum Gasteiger partial charge on any atom is -0.496 e. The summed E-state index contributed by atoms with van der Waals surface area (Å²) in [6.07, 6.45) is 2.46. The fourth-order valence-corrected chi connectivity index (χ4v) is 2.92. The summed E-state index contributed by atoms with van der Waals surface area (Å²) in [5, 5.41) is 9.06. The van der Waals surface area contributed by atoms with Crippen LogP contribution in [0.4, 0.5) is 0 Å². The van der Waals surface area contributed by atoms with Crippen LogP contribution in [0.1, 0.15) is 23.2 Å². The molecule has 5 heteroatoms. The Morgan fingerprint density at radius 2 is 2.04 bits per heavy atom. The maximum atomic E-state index is 11.0. The van der Waals surface area contributed by atoms with E-state index in [9.17, 15) is 4.79 Å². The van der Waals surface area contributed by atoms with E-state index >= 15 is 0 Å². The van der Waals surface area contributed by atoms with Gasteiger partial charge in [0.2, 0.25) is 0 Å². The minimum atomic E-state index is -0.811. The van der Waals surface area contributed by atoms with E-state index in [2.05, 4.69) is 0 Å². The van der Waals surface area contributed by atoms with Crippen LogP contribution in [-0.4, -0.2) is 27.6 Å². The number of aryl methyl sites for hydroxylation is 3. The van der Waals surface area contributed by atoms with Gasteiger partial charge in [-0.1, -0.05) is 0 Å². The molecule has 2 aromatic heterocycles. The maximum absolute atomic E-state index is 11.0. The zero-order valence-electron chi connectivity index (χ0n) is 14.0. The molecule has 2 heterocycles. The molecule has 0 saturated carbocycles. The second-order valence-corrected chi connectivity index (χ2v) is 5.92. The molecule has 0 saturated heterocycles. The van der Waals surface area contributed by atoms with E-state index in [4.69, 9.17) is 14.8 Å². The topological polar surface area (TPSA) is 63.8 Å². The fraction of sp³-hybridized carbons (Fsp3) is 0.263. The zero-order valence-corrected chi connectivity index (χ0v) is 14.0. The molecule has 5 nitrogen and oxygen atoms in total. The highest BCUT2D eigenvalue weighted by atomic mass is 16.5. The highest BCUT2D eigenvalue weighted by molar-refractivity contribution is 5.71. The van der Waals surface area contributed by atoms with Gasteiger partial charge in [-0.3, -0.25) is 4.79 Å². The van der Waals surface area contributed by atoms with Crippen molar-refractivity contribution in [1.29, 1.82) is 0 Å². The van der Waals surface area contributed by atoms with E-state index < -0.39 is 5.97 Å². The average molecular weight is 324 g/mol. The molecule has 0 fully saturated rings. The van der Waals surface area contributed by atoms with Crippen molar-refractivity contribution in [3.05, 3.63) is 53.3 Å². The maximum Gasteiger partial charge on any atom is 0.303 e. The van der Waals surface area contributed by atoms with Crippen LogP contribution >= 0.6 is 0 Å². The highest BCUT2D eigenvalue weighted by Gasteiger charge is 2.16. The van der Waals surface area contributed by atoms with Crippen molar-refractivity contribution >= 4 is 11.6 Å². The first-order valence-electron chi connectivity index (χ1n) is 7.84. The standard InChI is InChI=1S/C19H20N2O3/c1-12-8-9-21-15(5-7-18(22)23)19(20-17(21)10-12)14-4-6-16(24-3)13(2)11-14/h4,6,8-11H,5,7H2,1-3H3,(H,22,23). The van der Waals surface area contributed by atoms with Crippen LogP contribution < -0.4 is 4.74 Å². The van der Waals surface area contributed by atoms with Gasteiger partial charge < -0.3 is 14.2 Å². The molecule has 0 atom stereocenters. The summed E-state index contributed by atoms with van der Waals surface area (Å²) in [6, 6.07) is 9.91. The number of aliphatic carboxylic acids is 1. The Balaban J connectivity index is 2.16. The Morgan fingerprint density at radius 3 is 2.71 bits per heavy atom. The highest BCUT2D eigenvalue weighted by Crippen LogP contribution is 2.29. The Labute approximate surface area is 140 Å². The number of methoxy groups -OCH3 is 1. The number of carbonyl (C=O) groups is 1. The lowest BCUT2D eigenvalue weighted by Crippen LogP contribution is -2.01. The summed E-state index contributed by atoms with van der Waals surface area (Å²) in [7, 11) is 1.65. The van der Waals surface area contributed by atoms with E-state index in [1.165, 1.54) is 0 Å². The van der Waals surface area contributed by atoms with Crippen LogP contribution in [0.2, 0.25) is 0 Å². The minimum absolute atomic E-state index is 0.0732. The molecular formula is C19H20N2O3. The predicted molar refractivity (Wildman–Crippen MR) is 92.6 cm³/mol. The molecule has 0 aliphatic carbocycles. The molecule has 0 aliphatic rings. The number of ether oxygens (including phenoxy) is 1. The molecule has 0 bridgehead atoms. The summed E-state index contributed by atoms with van der Waals surface area (Å²) >= 11 is 0. The van der Waals surface area contributed by atoms with Gasteiger partial charge in [0, 0.05) is 18.2 Å². The normalized spacial score (nSPS) is 11.0. The monoisotopic (exact) mass is 324 g/mol. The number of imidazole rings is 1. The number of nitrogens with zero attached hydrogens (tertiary/aromatic N) is 2. The van der Waals surface area contributed by atoms with Crippen LogP contribution in [0.5, 0.6) is 5.75 Å². The summed E-state index contributed by atoms with van der Waals surface area (Å²) in [5.41, 5.74) is 5.68. The third kappa shape index (κ3) is 2.97. The lowest BCUT2D eigenvalue weighted by molar-refractivity contribution is -0.136. The fourth-order valence-electron chi connectivity index (χ4n) is 2.92. The molecule has 124 valence electrons. The number of pyridine rings is 1. The first-order chi connectivity index (χ1) is 11.5. The Hall–Kier alpha value is -2.82. The number of aromatic nitrogens is 2. The van der Waals surface area contributed by atoms with E-state index in [-0.39, 0.29) is 6.42 Å². The van der Waals surface area contributed by atoms with Crippen molar-refractivity contribution in [2.45, 2.75) is 26.7 Å². The van der Waals surface area contributed by atoms with E-state index in [1.807, 2.05) is 54.8 Å². The van der Waals surface area contributed by atoms with Gasteiger partial charge in [0.25, 0.3) is 0 Å². The van der Waals surface area contributed by atoms with Crippen molar-refractivity contribution in [2.24, 2.45) is 0 Å². The molecule has 0 radical (unpaired) electrons. The smallest absolute Gasteiger partial charge is 0.303 e. The molecule has 1 aromatic carbocycles. The number of hydrogen-bond donors (Lipinski definition) is 1. The summed E-state index contributed by atoms with van der Waals surface area (Å²) in [4.78, 5) is 15.8. The van der Waals surface area contributed by atoms with Gasteiger partial charge in [0.1, 0.15) is 11.4 Å². The number of fused-ring (bicyclic) bond motifs is 1. The molecule has 24 heavy (non-hydrogen) atoms. The second kappa shape index (κ2) is 6.35. The van der Waals surface area contributed by atoms with Crippen molar-refractivity contribution < 1.29 is 14.6 Å². The summed E-state index contributed by atoms with van der Waals surface area (Å²) in [6.45, 7) is 4.00. The Bertz CT molecular complexity index is 912. The molecule has 3 aromatic rings. The summed E-state index contributed by atoms with van der Waals surface area (Å²) < 4.78 is 7.29. The SMILES string of the molecule is COc1ccc(-c2nc3cc(C)ccn3c2CCC(=O)O)cc1C. The lowest BCUT2D eigenvalue weighted by atomic mass is 10.0. The van der Waals surface area contributed by atoms with Crippen molar-refractivity contribution in [3.8, 4) is 17.0 Å². The van der Waals surface area contributed by atoms with Gasteiger partial charge in [-0.15, -0.1) is 0 Å². The number of carboxylic acid groups (broad SMARTS) is 1. The van der Waals surface area contributed by atoms with E-state index in [0.29, 0.717) is 6.42 Å². The van der Waals surface area contributed by atoms with Gasteiger partial charge in [0.15, 0.2) is 0 Å². The zero-order chi connectivity index (χ0) is 17.3. The molecule has 0 amide bonds. The quantitative estimate of drug-likeness (QED) is 0.778. The first kappa shape index (κ1) is 16.1. The van der Waals surface area contributed by atoms with Gasteiger partial charge in [-0.2, -0.15) is 0 Å². The largest absolute Gasteiger partial charge is 0.496 e. The third-order valence-electron chi connectivity index (χ3n) is 4.12. The van der Waals surface area contributed by atoms with Crippen LogP contribution in [-0.2, 0) is 11.2 Å². The molecule has 3 rings (SSSR count). The number of rotatable bonds is 5.